The monoisotopic (exact) mass is 253 g/mol. The van der Waals surface area contributed by atoms with E-state index in [2.05, 4.69) is 29.1 Å². The number of hydrogen-bond acceptors (Lipinski definition) is 5. The minimum atomic E-state index is -0.376. The highest BCUT2D eigenvalue weighted by Crippen LogP contribution is 2.14. The topological polar surface area (TPSA) is 67.3 Å². The van der Waals surface area contributed by atoms with Crippen LogP contribution in [0.1, 0.15) is 33.6 Å². The molecule has 0 spiro atoms. The molecule has 5 nitrogen and oxygen atoms in total. The molecule has 0 aliphatic carbocycles. The van der Waals surface area contributed by atoms with Gasteiger partial charge >= 0.3 is 0 Å². The summed E-state index contributed by atoms with van der Waals surface area (Å²) >= 11 is 0. The molecule has 0 bridgehead atoms. The highest BCUT2D eigenvalue weighted by Gasteiger charge is 2.15. The standard InChI is InChI=1S/C13H23N3O2/c1-4-10(5-2)11(17)9-15-13-14-8-7-12(16-13)18-6-3/h7-8,10-11,17H,4-6,9H2,1-3H3,(H,14,15,16). The number of anilines is 1. The van der Waals surface area contributed by atoms with E-state index in [1.54, 1.807) is 12.3 Å². The summed E-state index contributed by atoms with van der Waals surface area (Å²) < 4.78 is 5.29. The van der Waals surface area contributed by atoms with Gasteiger partial charge in [-0.25, -0.2) is 4.98 Å². The zero-order valence-electron chi connectivity index (χ0n) is 11.4. The van der Waals surface area contributed by atoms with Gasteiger partial charge in [0, 0.05) is 18.8 Å². The van der Waals surface area contributed by atoms with Crippen molar-refractivity contribution in [3.8, 4) is 5.88 Å². The Morgan fingerprint density at radius 1 is 1.33 bits per heavy atom. The second-order valence-corrected chi connectivity index (χ2v) is 4.18. The van der Waals surface area contributed by atoms with Gasteiger partial charge in [0.25, 0.3) is 0 Å². The quantitative estimate of drug-likeness (QED) is 0.742. The number of aliphatic hydroxyl groups excluding tert-OH is 1. The van der Waals surface area contributed by atoms with Crippen LogP contribution in [0.2, 0.25) is 0 Å². The van der Waals surface area contributed by atoms with E-state index in [1.165, 1.54) is 0 Å². The van der Waals surface area contributed by atoms with Crippen LogP contribution in [0.4, 0.5) is 5.95 Å². The zero-order valence-corrected chi connectivity index (χ0v) is 11.4. The van der Waals surface area contributed by atoms with Gasteiger partial charge in [0.05, 0.1) is 12.7 Å². The molecule has 18 heavy (non-hydrogen) atoms. The summed E-state index contributed by atoms with van der Waals surface area (Å²) in [4.78, 5) is 8.28. The van der Waals surface area contributed by atoms with E-state index in [4.69, 9.17) is 4.74 Å². The van der Waals surface area contributed by atoms with E-state index in [0.717, 1.165) is 12.8 Å². The summed E-state index contributed by atoms with van der Waals surface area (Å²) in [6.45, 7) is 7.12. The van der Waals surface area contributed by atoms with E-state index >= 15 is 0 Å². The number of nitrogens with zero attached hydrogens (tertiary/aromatic N) is 2. The molecule has 1 aromatic heterocycles. The van der Waals surface area contributed by atoms with Crippen LogP contribution >= 0.6 is 0 Å². The van der Waals surface area contributed by atoms with E-state index in [-0.39, 0.29) is 6.10 Å². The van der Waals surface area contributed by atoms with Crippen molar-refractivity contribution >= 4 is 5.95 Å². The van der Waals surface area contributed by atoms with E-state index in [9.17, 15) is 5.11 Å². The molecule has 0 saturated carbocycles. The molecule has 5 heteroatoms. The van der Waals surface area contributed by atoms with Gasteiger partial charge in [0.1, 0.15) is 0 Å². The minimum absolute atomic E-state index is 0.313. The van der Waals surface area contributed by atoms with E-state index in [1.807, 2.05) is 6.92 Å². The van der Waals surface area contributed by atoms with E-state index < -0.39 is 0 Å². The van der Waals surface area contributed by atoms with Crippen LogP contribution in [-0.2, 0) is 0 Å². The molecule has 0 saturated heterocycles. The Bertz CT molecular complexity index is 343. The first kappa shape index (κ1) is 14.7. The largest absolute Gasteiger partial charge is 0.478 e. The van der Waals surface area contributed by atoms with Gasteiger partial charge in [0.15, 0.2) is 0 Å². The van der Waals surface area contributed by atoms with Gasteiger partial charge in [-0.2, -0.15) is 4.98 Å². The van der Waals surface area contributed by atoms with Crippen molar-refractivity contribution in [2.45, 2.75) is 39.7 Å². The third-order valence-electron chi connectivity index (χ3n) is 2.98. The maximum Gasteiger partial charge on any atom is 0.226 e. The molecule has 0 aliphatic rings. The summed E-state index contributed by atoms with van der Waals surface area (Å²) in [6.07, 6.45) is 3.21. The van der Waals surface area contributed by atoms with Crippen LogP contribution in [0.15, 0.2) is 12.3 Å². The van der Waals surface area contributed by atoms with Crippen molar-refractivity contribution in [3.63, 3.8) is 0 Å². The zero-order chi connectivity index (χ0) is 13.4. The Kier molecular flexibility index (Phi) is 6.43. The lowest BCUT2D eigenvalue weighted by atomic mass is 9.97. The average molecular weight is 253 g/mol. The fourth-order valence-corrected chi connectivity index (χ4v) is 1.85. The van der Waals surface area contributed by atoms with Gasteiger partial charge < -0.3 is 15.2 Å². The molecule has 0 radical (unpaired) electrons. The number of hydrogen-bond donors (Lipinski definition) is 2. The highest BCUT2D eigenvalue weighted by atomic mass is 16.5. The fraction of sp³-hybridized carbons (Fsp3) is 0.692. The Balaban J connectivity index is 2.49. The molecule has 0 aliphatic heterocycles. The van der Waals surface area contributed by atoms with Gasteiger partial charge in [-0.1, -0.05) is 26.7 Å². The second kappa shape index (κ2) is 7.87. The number of aliphatic hydroxyl groups is 1. The molecule has 1 rings (SSSR count). The van der Waals surface area contributed by atoms with Crippen molar-refractivity contribution in [2.75, 3.05) is 18.5 Å². The maximum absolute atomic E-state index is 9.99. The van der Waals surface area contributed by atoms with E-state index in [0.29, 0.717) is 30.9 Å². The second-order valence-electron chi connectivity index (χ2n) is 4.18. The fourth-order valence-electron chi connectivity index (χ4n) is 1.85. The van der Waals surface area contributed by atoms with Gasteiger partial charge in [-0.3, -0.25) is 0 Å². The van der Waals surface area contributed by atoms with Gasteiger partial charge in [-0.05, 0) is 12.8 Å². The molecule has 0 fully saturated rings. The van der Waals surface area contributed by atoms with Crippen LogP contribution < -0.4 is 10.1 Å². The summed E-state index contributed by atoms with van der Waals surface area (Å²) in [5, 5.41) is 13.0. The molecule has 2 N–H and O–H groups in total. The third kappa shape index (κ3) is 4.49. The Morgan fingerprint density at radius 2 is 2.06 bits per heavy atom. The summed E-state index contributed by atoms with van der Waals surface area (Å²) in [7, 11) is 0. The molecular formula is C13H23N3O2. The predicted octanol–water partition coefficient (Wildman–Crippen LogP) is 2.08. The lowest BCUT2D eigenvalue weighted by molar-refractivity contribution is 0.114. The SMILES string of the molecule is CCOc1ccnc(NCC(O)C(CC)CC)n1. The highest BCUT2D eigenvalue weighted by molar-refractivity contribution is 5.27. The normalized spacial score (nSPS) is 12.5. The number of nitrogens with one attached hydrogen (secondary N) is 1. The third-order valence-corrected chi connectivity index (χ3v) is 2.98. The van der Waals surface area contributed by atoms with Crippen LogP contribution in [0.3, 0.4) is 0 Å². The van der Waals surface area contributed by atoms with Crippen LogP contribution in [0.5, 0.6) is 5.88 Å². The van der Waals surface area contributed by atoms with Crippen molar-refractivity contribution in [1.29, 1.82) is 0 Å². The molecule has 1 heterocycles. The Labute approximate surface area is 109 Å². The Morgan fingerprint density at radius 3 is 2.67 bits per heavy atom. The maximum atomic E-state index is 9.99. The number of ether oxygens (including phenoxy) is 1. The summed E-state index contributed by atoms with van der Waals surface area (Å²) in [5.41, 5.74) is 0. The van der Waals surface area contributed by atoms with Crippen LogP contribution in [0.25, 0.3) is 0 Å². The molecule has 0 amide bonds. The molecule has 0 aromatic carbocycles. The smallest absolute Gasteiger partial charge is 0.226 e. The first-order valence-corrected chi connectivity index (χ1v) is 6.58. The first-order chi connectivity index (χ1) is 8.71. The molecule has 1 aromatic rings. The van der Waals surface area contributed by atoms with Crippen molar-refractivity contribution in [1.82, 2.24) is 9.97 Å². The lowest BCUT2D eigenvalue weighted by Crippen LogP contribution is -2.28. The van der Waals surface area contributed by atoms with Gasteiger partial charge in [-0.15, -0.1) is 0 Å². The molecule has 1 unspecified atom stereocenters. The number of aromatic nitrogens is 2. The summed E-state index contributed by atoms with van der Waals surface area (Å²) in [6, 6.07) is 1.71. The van der Waals surface area contributed by atoms with Crippen LogP contribution in [0, 0.1) is 5.92 Å². The molecular weight excluding hydrogens is 230 g/mol. The van der Waals surface area contributed by atoms with Crippen molar-refractivity contribution in [3.05, 3.63) is 12.3 Å². The Hall–Kier alpha value is -1.36. The van der Waals surface area contributed by atoms with Gasteiger partial charge in [0.2, 0.25) is 11.8 Å². The van der Waals surface area contributed by atoms with Crippen molar-refractivity contribution in [2.24, 2.45) is 5.92 Å². The average Bonchev–Trinajstić information content (AvgIpc) is 2.39. The van der Waals surface area contributed by atoms with Crippen LogP contribution in [-0.4, -0.2) is 34.3 Å². The molecule has 1 atom stereocenters. The minimum Gasteiger partial charge on any atom is -0.478 e. The molecule has 102 valence electrons. The lowest BCUT2D eigenvalue weighted by Gasteiger charge is -2.20. The predicted molar refractivity (Wildman–Crippen MR) is 71.8 cm³/mol. The van der Waals surface area contributed by atoms with Crippen molar-refractivity contribution < 1.29 is 9.84 Å². The number of rotatable bonds is 8. The summed E-state index contributed by atoms with van der Waals surface area (Å²) in [5.74, 6) is 1.35. The first-order valence-electron chi connectivity index (χ1n) is 6.58.